The highest BCUT2D eigenvalue weighted by atomic mass is 16.2. The Morgan fingerprint density at radius 2 is 1.90 bits per heavy atom. The van der Waals surface area contributed by atoms with E-state index in [0.717, 1.165) is 56.9 Å². The maximum Gasteiger partial charge on any atom is 0.255 e. The number of piperidine rings is 1. The molecule has 0 spiro atoms. The Morgan fingerprint density at radius 1 is 1.10 bits per heavy atom. The second kappa shape index (κ2) is 8.42. The minimum Gasteiger partial charge on any atom is -0.322 e. The van der Waals surface area contributed by atoms with Crippen LogP contribution in [0.1, 0.15) is 34.3 Å². The summed E-state index contributed by atoms with van der Waals surface area (Å²) in [5.74, 6) is 5.70. The first-order valence-electron chi connectivity index (χ1n) is 11.0. The van der Waals surface area contributed by atoms with Gasteiger partial charge in [-0.2, -0.15) is 0 Å². The van der Waals surface area contributed by atoms with Crippen LogP contribution in [0.4, 0.5) is 0 Å². The second-order valence-corrected chi connectivity index (χ2v) is 8.67. The van der Waals surface area contributed by atoms with Crippen LogP contribution in [0.15, 0.2) is 18.2 Å². The number of rotatable bonds is 3. The summed E-state index contributed by atoms with van der Waals surface area (Å²) < 4.78 is 0. The number of piperazine rings is 1. The molecule has 0 aromatic heterocycles. The Kier molecular flexibility index (Phi) is 5.48. The molecule has 8 heteroatoms. The maximum absolute atomic E-state index is 12.9. The Morgan fingerprint density at radius 3 is 2.68 bits per heavy atom. The van der Waals surface area contributed by atoms with E-state index in [1.807, 2.05) is 12.1 Å². The van der Waals surface area contributed by atoms with E-state index >= 15 is 0 Å². The van der Waals surface area contributed by atoms with Crippen molar-refractivity contribution < 1.29 is 14.4 Å². The molecule has 0 aliphatic carbocycles. The third kappa shape index (κ3) is 3.97. The van der Waals surface area contributed by atoms with Crippen LogP contribution >= 0.6 is 0 Å². The Labute approximate surface area is 181 Å². The summed E-state index contributed by atoms with van der Waals surface area (Å²) in [6.07, 6.45) is 0.628. The summed E-state index contributed by atoms with van der Waals surface area (Å²) in [6.45, 7) is 7.59. The number of fused-ring (bicyclic) bond motifs is 1. The number of hydrogen-bond donors (Lipinski definition) is 2. The van der Waals surface area contributed by atoms with Crippen LogP contribution in [-0.2, 0) is 16.1 Å². The second-order valence-electron chi connectivity index (χ2n) is 8.67. The smallest absolute Gasteiger partial charge is 0.255 e. The van der Waals surface area contributed by atoms with Crippen molar-refractivity contribution in [1.82, 2.24) is 25.3 Å². The van der Waals surface area contributed by atoms with Gasteiger partial charge in [0.2, 0.25) is 11.8 Å². The Balaban J connectivity index is 1.21. The predicted molar refractivity (Wildman–Crippen MR) is 114 cm³/mol. The Bertz CT molecular complexity index is 969. The number of nitrogens with zero attached hydrogens (tertiary/aromatic N) is 3. The van der Waals surface area contributed by atoms with Crippen molar-refractivity contribution >= 4 is 17.7 Å². The normalized spacial score (nSPS) is 25.0. The number of carbonyl (C=O) groups is 3. The first-order chi connectivity index (χ1) is 15.1. The summed E-state index contributed by atoms with van der Waals surface area (Å²) in [7, 11) is 0. The summed E-state index contributed by atoms with van der Waals surface area (Å²) in [5.41, 5.74) is 2.34. The molecular weight excluding hydrogens is 394 g/mol. The summed E-state index contributed by atoms with van der Waals surface area (Å²) >= 11 is 0. The lowest BCUT2D eigenvalue weighted by Gasteiger charge is -2.46. The van der Waals surface area contributed by atoms with Gasteiger partial charge in [-0.3, -0.25) is 29.5 Å². The third-order valence-electron chi connectivity index (χ3n) is 6.71. The van der Waals surface area contributed by atoms with Crippen LogP contribution in [0.25, 0.3) is 0 Å². The number of amides is 3. The van der Waals surface area contributed by atoms with Gasteiger partial charge in [-0.25, -0.2) is 0 Å². The van der Waals surface area contributed by atoms with Crippen molar-refractivity contribution in [2.24, 2.45) is 0 Å². The van der Waals surface area contributed by atoms with Crippen LogP contribution in [-0.4, -0.2) is 90.3 Å². The van der Waals surface area contributed by atoms with Crippen molar-refractivity contribution in [3.8, 4) is 11.8 Å². The zero-order valence-corrected chi connectivity index (χ0v) is 17.5. The van der Waals surface area contributed by atoms with Gasteiger partial charge in [0.25, 0.3) is 5.91 Å². The molecule has 3 fully saturated rings. The van der Waals surface area contributed by atoms with E-state index in [1.165, 1.54) is 0 Å². The van der Waals surface area contributed by atoms with Gasteiger partial charge in [0.05, 0.1) is 6.54 Å². The van der Waals surface area contributed by atoms with Crippen LogP contribution in [0, 0.1) is 11.8 Å². The fraction of sp³-hybridized carbons (Fsp3) is 0.522. The lowest BCUT2D eigenvalue weighted by atomic mass is 10.0. The van der Waals surface area contributed by atoms with E-state index < -0.39 is 6.04 Å². The van der Waals surface area contributed by atoms with Crippen LogP contribution in [0.3, 0.4) is 0 Å². The van der Waals surface area contributed by atoms with Crippen molar-refractivity contribution in [3.05, 3.63) is 34.9 Å². The van der Waals surface area contributed by atoms with E-state index in [1.54, 1.807) is 11.0 Å². The molecule has 2 N–H and O–H groups in total. The SMILES string of the molecule is O=C1CCC(N2Cc3c(C#CCN4CC(N5CCNCC5)C4)cccc3C2=O)C(=O)N1. The van der Waals surface area contributed by atoms with E-state index in [-0.39, 0.29) is 24.1 Å². The molecule has 1 atom stereocenters. The van der Waals surface area contributed by atoms with E-state index in [4.69, 9.17) is 0 Å². The number of nitrogens with one attached hydrogen (secondary N) is 2. The minimum atomic E-state index is -0.596. The molecule has 8 nitrogen and oxygen atoms in total. The fourth-order valence-electron chi connectivity index (χ4n) is 4.90. The highest BCUT2D eigenvalue weighted by Crippen LogP contribution is 2.29. The summed E-state index contributed by atoms with van der Waals surface area (Å²) in [6, 6.07) is 5.62. The minimum absolute atomic E-state index is 0.158. The largest absolute Gasteiger partial charge is 0.322 e. The average Bonchev–Trinajstić information content (AvgIpc) is 3.07. The fourth-order valence-corrected chi connectivity index (χ4v) is 4.90. The van der Waals surface area contributed by atoms with E-state index in [0.29, 0.717) is 24.6 Å². The number of hydrogen-bond acceptors (Lipinski definition) is 6. The molecule has 4 aliphatic rings. The van der Waals surface area contributed by atoms with Gasteiger partial charge in [-0.1, -0.05) is 17.9 Å². The van der Waals surface area contributed by atoms with Gasteiger partial charge >= 0.3 is 0 Å². The molecule has 0 radical (unpaired) electrons. The first kappa shape index (κ1) is 20.2. The van der Waals surface area contributed by atoms with Gasteiger partial charge in [-0.05, 0) is 24.1 Å². The van der Waals surface area contributed by atoms with Crippen LogP contribution < -0.4 is 10.6 Å². The molecule has 1 unspecified atom stereocenters. The average molecular weight is 422 g/mol. The molecule has 4 heterocycles. The molecule has 0 bridgehead atoms. The lowest BCUT2D eigenvalue weighted by molar-refractivity contribution is -0.136. The quantitative estimate of drug-likeness (QED) is 0.500. The van der Waals surface area contributed by atoms with Gasteiger partial charge < -0.3 is 10.2 Å². The topological polar surface area (TPSA) is 85.0 Å². The molecule has 162 valence electrons. The third-order valence-corrected chi connectivity index (χ3v) is 6.71. The van der Waals surface area contributed by atoms with Crippen molar-refractivity contribution in [1.29, 1.82) is 0 Å². The number of likely N-dealkylation sites (tertiary alicyclic amines) is 1. The van der Waals surface area contributed by atoms with Crippen molar-refractivity contribution in [2.45, 2.75) is 31.5 Å². The predicted octanol–water partition coefficient (Wildman–Crippen LogP) is -0.611. The van der Waals surface area contributed by atoms with Gasteiger partial charge in [0, 0.05) is 69.4 Å². The van der Waals surface area contributed by atoms with Gasteiger partial charge in [0.15, 0.2) is 0 Å². The molecule has 3 saturated heterocycles. The molecule has 0 saturated carbocycles. The number of carbonyl (C=O) groups excluding carboxylic acids is 3. The lowest BCUT2D eigenvalue weighted by Crippen LogP contribution is -2.62. The van der Waals surface area contributed by atoms with Crippen LogP contribution in [0.5, 0.6) is 0 Å². The standard InChI is InChI=1S/C23H27N5O3/c29-21-7-6-20(22(30)25-21)28-15-19-16(3-1-5-18(19)23(28)31)4-2-10-26-13-17(14-26)27-11-8-24-9-12-27/h1,3,5,17,20,24H,6-15H2,(H,25,29,30). The van der Waals surface area contributed by atoms with Crippen LogP contribution in [0.2, 0.25) is 0 Å². The monoisotopic (exact) mass is 421 g/mol. The molecule has 3 amide bonds. The van der Waals surface area contributed by atoms with Crippen molar-refractivity contribution in [2.75, 3.05) is 45.8 Å². The zero-order valence-electron chi connectivity index (χ0n) is 17.5. The number of imide groups is 1. The summed E-state index contributed by atoms with van der Waals surface area (Å²) in [4.78, 5) is 43.0. The number of benzene rings is 1. The molecular formula is C23H27N5O3. The Hall–Kier alpha value is -2.73. The highest BCUT2D eigenvalue weighted by molar-refractivity contribution is 6.05. The van der Waals surface area contributed by atoms with E-state index in [9.17, 15) is 14.4 Å². The molecule has 1 aromatic carbocycles. The maximum atomic E-state index is 12.9. The van der Waals surface area contributed by atoms with Gasteiger partial charge in [0.1, 0.15) is 6.04 Å². The molecule has 4 aliphatic heterocycles. The van der Waals surface area contributed by atoms with E-state index in [2.05, 4.69) is 32.3 Å². The zero-order chi connectivity index (χ0) is 21.4. The van der Waals surface area contributed by atoms with Gasteiger partial charge in [-0.15, -0.1) is 0 Å². The van der Waals surface area contributed by atoms with Crippen molar-refractivity contribution in [3.63, 3.8) is 0 Å². The molecule has 5 rings (SSSR count). The first-order valence-corrected chi connectivity index (χ1v) is 11.0. The molecule has 1 aromatic rings. The molecule has 31 heavy (non-hydrogen) atoms. The highest BCUT2D eigenvalue weighted by Gasteiger charge is 2.39. The summed E-state index contributed by atoms with van der Waals surface area (Å²) in [5, 5.41) is 5.73.